The molecule has 0 heterocycles. The molecule has 0 fully saturated rings. The number of sulfonamides is 1. The first-order chi connectivity index (χ1) is 15.8. The summed E-state index contributed by atoms with van der Waals surface area (Å²) in [4.78, 5) is 12.5. The van der Waals surface area contributed by atoms with Crippen molar-refractivity contribution in [3.8, 4) is 11.5 Å². The maximum atomic E-state index is 13.4. The highest BCUT2D eigenvalue weighted by molar-refractivity contribution is 7.92. The highest BCUT2D eigenvalue weighted by atomic mass is 35.5. The summed E-state index contributed by atoms with van der Waals surface area (Å²) < 4.78 is 51.5. The number of methoxy groups -OCH3 is 1. The normalized spacial score (nSPS) is 11.0. The van der Waals surface area contributed by atoms with E-state index in [1.807, 2.05) is 0 Å². The van der Waals surface area contributed by atoms with Gasteiger partial charge in [-0.1, -0.05) is 23.7 Å². The predicted molar refractivity (Wildman–Crippen MR) is 124 cm³/mol. The number of carbonyl (C=O) groups is 1. The average Bonchev–Trinajstić information content (AvgIpc) is 2.82. The fourth-order valence-electron chi connectivity index (χ4n) is 2.90. The summed E-state index contributed by atoms with van der Waals surface area (Å²) >= 11 is 6.02. The van der Waals surface area contributed by atoms with Crippen LogP contribution in [-0.2, 0) is 14.8 Å². The van der Waals surface area contributed by atoms with E-state index in [9.17, 15) is 17.6 Å². The number of hydrogen-bond donors (Lipinski definition) is 1. The Hall–Kier alpha value is -3.30. The van der Waals surface area contributed by atoms with Crippen molar-refractivity contribution in [1.82, 2.24) is 5.32 Å². The van der Waals surface area contributed by atoms with Gasteiger partial charge in [-0.3, -0.25) is 9.10 Å². The van der Waals surface area contributed by atoms with Crippen molar-refractivity contribution >= 4 is 33.2 Å². The van der Waals surface area contributed by atoms with Gasteiger partial charge in [0.2, 0.25) is 5.91 Å². The first-order valence-corrected chi connectivity index (χ1v) is 11.7. The van der Waals surface area contributed by atoms with Crippen molar-refractivity contribution < 1.29 is 27.1 Å². The zero-order valence-electron chi connectivity index (χ0n) is 17.7. The third-order valence-corrected chi connectivity index (χ3v) is 6.67. The highest BCUT2D eigenvalue weighted by Crippen LogP contribution is 2.25. The van der Waals surface area contributed by atoms with Crippen LogP contribution in [0.25, 0.3) is 0 Å². The number of para-hydroxylation sites is 1. The van der Waals surface area contributed by atoms with E-state index < -0.39 is 28.3 Å². The van der Waals surface area contributed by atoms with Crippen LogP contribution in [0.5, 0.6) is 11.5 Å². The van der Waals surface area contributed by atoms with Gasteiger partial charge in [-0.25, -0.2) is 12.8 Å². The van der Waals surface area contributed by atoms with E-state index in [2.05, 4.69) is 5.32 Å². The van der Waals surface area contributed by atoms with Crippen LogP contribution in [0.3, 0.4) is 0 Å². The fraction of sp³-hybridized carbons (Fsp3) is 0.174. The van der Waals surface area contributed by atoms with E-state index in [1.165, 1.54) is 43.5 Å². The molecule has 1 N–H and O–H groups in total. The Labute approximate surface area is 196 Å². The summed E-state index contributed by atoms with van der Waals surface area (Å²) in [5.41, 5.74) is 0.148. The third kappa shape index (κ3) is 6.36. The molecule has 0 radical (unpaired) electrons. The molecule has 0 atom stereocenters. The van der Waals surface area contributed by atoms with Gasteiger partial charge in [-0.15, -0.1) is 0 Å². The van der Waals surface area contributed by atoms with Crippen LogP contribution < -0.4 is 19.1 Å². The summed E-state index contributed by atoms with van der Waals surface area (Å²) in [5, 5.41) is 3.06. The van der Waals surface area contributed by atoms with Gasteiger partial charge in [0.15, 0.2) is 0 Å². The smallest absolute Gasteiger partial charge is 0.264 e. The molecule has 174 valence electrons. The summed E-state index contributed by atoms with van der Waals surface area (Å²) in [6.45, 7) is -0.243. The third-order valence-electron chi connectivity index (χ3n) is 4.57. The molecule has 0 aliphatic heterocycles. The van der Waals surface area contributed by atoms with Crippen molar-refractivity contribution in [3.05, 3.63) is 83.6 Å². The van der Waals surface area contributed by atoms with Crippen LogP contribution in [0.2, 0.25) is 5.02 Å². The molecular formula is C23H22ClFN2O5S. The van der Waals surface area contributed by atoms with Crippen molar-refractivity contribution in [2.24, 2.45) is 0 Å². The maximum Gasteiger partial charge on any atom is 0.264 e. The molecule has 0 aliphatic rings. The quantitative estimate of drug-likeness (QED) is 0.434. The zero-order chi connectivity index (χ0) is 23.8. The van der Waals surface area contributed by atoms with E-state index in [0.717, 1.165) is 16.4 Å². The lowest BCUT2D eigenvalue weighted by Gasteiger charge is -2.24. The first-order valence-electron chi connectivity index (χ1n) is 9.87. The minimum atomic E-state index is -4.12. The minimum Gasteiger partial charge on any atom is -0.497 e. The van der Waals surface area contributed by atoms with Gasteiger partial charge in [-0.2, -0.15) is 0 Å². The van der Waals surface area contributed by atoms with Crippen LogP contribution in [0.4, 0.5) is 10.1 Å². The van der Waals surface area contributed by atoms with Gasteiger partial charge >= 0.3 is 0 Å². The molecule has 0 saturated heterocycles. The second-order valence-electron chi connectivity index (χ2n) is 6.79. The molecule has 0 bridgehead atoms. The largest absolute Gasteiger partial charge is 0.497 e. The van der Waals surface area contributed by atoms with Crippen LogP contribution in [0.15, 0.2) is 77.7 Å². The van der Waals surface area contributed by atoms with Gasteiger partial charge in [-0.05, 0) is 60.7 Å². The number of anilines is 1. The second kappa shape index (κ2) is 11.0. The predicted octanol–water partition coefficient (Wildman–Crippen LogP) is 3.88. The Morgan fingerprint density at radius 2 is 1.70 bits per heavy atom. The van der Waals surface area contributed by atoms with Gasteiger partial charge in [0.05, 0.1) is 29.3 Å². The van der Waals surface area contributed by atoms with E-state index >= 15 is 0 Å². The Kier molecular flexibility index (Phi) is 8.13. The number of nitrogens with one attached hydrogen (secondary N) is 1. The Bertz CT molecular complexity index is 1190. The Morgan fingerprint density at radius 1 is 1.03 bits per heavy atom. The van der Waals surface area contributed by atoms with Crippen LogP contribution in [0.1, 0.15) is 0 Å². The first kappa shape index (κ1) is 24.3. The molecule has 33 heavy (non-hydrogen) atoms. The molecule has 7 nitrogen and oxygen atoms in total. The maximum absolute atomic E-state index is 13.4. The van der Waals surface area contributed by atoms with Gasteiger partial charge in [0.1, 0.15) is 30.5 Å². The molecule has 0 saturated carbocycles. The summed E-state index contributed by atoms with van der Waals surface area (Å²) in [6.07, 6.45) is 0. The molecule has 3 aromatic carbocycles. The number of rotatable bonds is 10. The molecule has 0 aromatic heterocycles. The monoisotopic (exact) mass is 492 g/mol. The molecule has 0 aliphatic carbocycles. The lowest BCUT2D eigenvalue weighted by Crippen LogP contribution is -2.41. The van der Waals surface area contributed by atoms with E-state index in [1.54, 1.807) is 24.3 Å². The molecule has 3 aromatic rings. The SMILES string of the molecule is COc1ccc(S(=O)(=O)N(CC(=O)NCCOc2ccccc2Cl)c2ccc(F)cc2)cc1. The Balaban J connectivity index is 1.72. The summed E-state index contributed by atoms with van der Waals surface area (Å²) in [5.74, 6) is -0.122. The number of carbonyl (C=O) groups excluding carboxylic acids is 1. The van der Waals surface area contributed by atoms with E-state index in [0.29, 0.717) is 16.5 Å². The fourth-order valence-corrected chi connectivity index (χ4v) is 4.51. The molecule has 0 spiro atoms. The van der Waals surface area contributed by atoms with Gasteiger partial charge in [0.25, 0.3) is 10.0 Å². The minimum absolute atomic E-state index is 0.0394. The molecule has 1 amide bonds. The molecule has 3 rings (SSSR count). The number of halogens is 2. The van der Waals surface area contributed by atoms with Crippen LogP contribution >= 0.6 is 11.6 Å². The zero-order valence-corrected chi connectivity index (χ0v) is 19.3. The lowest BCUT2D eigenvalue weighted by molar-refractivity contribution is -0.119. The average molecular weight is 493 g/mol. The van der Waals surface area contributed by atoms with E-state index in [-0.39, 0.29) is 23.7 Å². The number of benzene rings is 3. The standard InChI is InChI=1S/C23H22ClFN2O5S/c1-31-19-10-12-20(13-11-19)33(29,30)27(18-8-6-17(25)7-9-18)16-23(28)26-14-15-32-22-5-3-2-4-21(22)24/h2-13H,14-16H2,1H3,(H,26,28). The second-order valence-corrected chi connectivity index (χ2v) is 9.06. The number of ether oxygens (including phenoxy) is 2. The van der Waals surface area contributed by atoms with Gasteiger partial charge < -0.3 is 14.8 Å². The number of amides is 1. The lowest BCUT2D eigenvalue weighted by atomic mass is 10.3. The molecule has 10 heteroatoms. The van der Waals surface area contributed by atoms with Gasteiger partial charge in [0, 0.05) is 0 Å². The van der Waals surface area contributed by atoms with Crippen molar-refractivity contribution in [1.29, 1.82) is 0 Å². The van der Waals surface area contributed by atoms with Crippen LogP contribution in [-0.4, -0.2) is 41.1 Å². The topological polar surface area (TPSA) is 84.9 Å². The van der Waals surface area contributed by atoms with Crippen LogP contribution in [0, 0.1) is 5.82 Å². The van der Waals surface area contributed by atoms with E-state index in [4.69, 9.17) is 21.1 Å². The van der Waals surface area contributed by atoms with Crippen molar-refractivity contribution in [2.45, 2.75) is 4.90 Å². The van der Waals surface area contributed by atoms with Crippen molar-refractivity contribution in [3.63, 3.8) is 0 Å². The number of nitrogens with zero attached hydrogens (tertiary/aromatic N) is 1. The highest BCUT2D eigenvalue weighted by Gasteiger charge is 2.27. The molecular weight excluding hydrogens is 471 g/mol. The molecule has 0 unspecified atom stereocenters. The summed E-state index contributed by atoms with van der Waals surface area (Å²) in [7, 11) is -2.65. The number of hydrogen-bond acceptors (Lipinski definition) is 5. The summed E-state index contributed by atoms with van der Waals surface area (Å²) in [6, 6.07) is 17.5. The Morgan fingerprint density at radius 3 is 2.33 bits per heavy atom. The van der Waals surface area contributed by atoms with Crippen molar-refractivity contribution in [2.75, 3.05) is 31.1 Å².